The second-order valence-electron chi connectivity index (χ2n) is 5.69. The number of hydrogen-bond donors (Lipinski definition) is 1. The number of terminal acetylenes is 1. The lowest BCUT2D eigenvalue weighted by atomic mass is 10.1. The van der Waals surface area contributed by atoms with Crippen LogP contribution in [-0.2, 0) is 4.79 Å². The van der Waals surface area contributed by atoms with Gasteiger partial charge in [0.1, 0.15) is 0 Å². The molecule has 2 atom stereocenters. The van der Waals surface area contributed by atoms with E-state index in [1.807, 2.05) is 26.1 Å². The van der Waals surface area contributed by atoms with Gasteiger partial charge in [0.2, 0.25) is 5.91 Å². The van der Waals surface area contributed by atoms with E-state index in [0.717, 1.165) is 19.3 Å². The van der Waals surface area contributed by atoms with Crippen LogP contribution in [0.25, 0.3) is 0 Å². The Kier molecular flexibility index (Phi) is 5.21. The minimum Gasteiger partial charge on any atom is -0.353 e. The Labute approximate surface area is 131 Å². The van der Waals surface area contributed by atoms with E-state index < -0.39 is 0 Å². The molecule has 4 heteroatoms. The zero-order valence-corrected chi connectivity index (χ0v) is 13.1. The lowest BCUT2D eigenvalue weighted by molar-refractivity contribution is -0.121. The maximum absolute atomic E-state index is 12.6. The fourth-order valence-corrected chi connectivity index (χ4v) is 2.92. The van der Waals surface area contributed by atoms with Gasteiger partial charge in [-0.05, 0) is 31.4 Å². The normalized spacial score (nSPS) is 20.2. The fraction of sp³-hybridized carbons (Fsp3) is 0.444. The van der Waals surface area contributed by atoms with Crippen LogP contribution < -0.4 is 5.32 Å². The molecule has 4 nitrogen and oxygen atoms in total. The first kappa shape index (κ1) is 16.1. The van der Waals surface area contributed by atoms with Crippen molar-refractivity contribution in [1.29, 1.82) is 0 Å². The standard InChI is InChI=1S/C18H22N2O2/c1-4-13-8-6-7-9-16(13)18(22)20(3)15-11-10-14(12-15)19-17(21)5-2/h1,6-9,14-15H,5,10-12H2,2-3H3,(H,19,21)/t14-,15+/m0/s1. The molecule has 1 aromatic rings. The second kappa shape index (κ2) is 7.13. The van der Waals surface area contributed by atoms with Crippen LogP contribution in [0.4, 0.5) is 0 Å². The van der Waals surface area contributed by atoms with Gasteiger partial charge < -0.3 is 10.2 Å². The first-order valence-corrected chi connectivity index (χ1v) is 7.69. The van der Waals surface area contributed by atoms with Crippen LogP contribution in [0.3, 0.4) is 0 Å². The number of hydrogen-bond acceptors (Lipinski definition) is 2. The summed E-state index contributed by atoms with van der Waals surface area (Å²) in [4.78, 5) is 25.9. The first-order chi connectivity index (χ1) is 10.6. The summed E-state index contributed by atoms with van der Waals surface area (Å²) in [6.45, 7) is 1.84. The van der Waals surface area contributed by atoms with Gasteiger partial charge in [-0.3, -0.25) is 9.59 Å². The minimum atomic E-state index is -0.0546. The molecule has 1 N–H and O–H groups in total. The molecule has 1 aliphatic carbocycles. The summed E-state index contributed by atoms with van der Waals surface area (Å²) >= 11 is 0. The van der Waals surface area contributed by atoms with Crippen LogP contribution in [-0.4, -0.2) is 35.8 Å². The predicted molar refractivity (Wildman–Crippen MR) is 86.3 cm³/mol. The van der Waals surface area contributed by atoms with Crippen molar-refractivity contribution in [1.82, 2.24) is 10.2 Å². The number of rotatable bonds is 4. The molecule has 1 fully saturated rings. The zero-order valence-electron chi connectivity index (χ0n) is 13.1. The average molecular weight is 298 g/mol. The molecule has 1 aromatic carbocycles. The zero-order chi connectivity index (χ0) is 16.1. The molecule has 0 heterocycles. The van der Waals surface area contributed by atoms with Crippen molar-refractivity contribution in [3.8, 4) is 12.3 Å². The van der Waals surface area contributed by atoms with Gasteiger partial charge in [-0.1, -0.05) is 25.0 Å². The molecule has 2 amide bonds. The van der Waals surface area contributed by atoms with Crippen LogP contribution in [0.2, 0.25) is 0 Å². The quantitative estimate of drug-likeness (QED) is 0.866. The Morgan fingerprint density at radius 2 is 2.09 bits per heavy atom. The maximum Gasteiger partial charge on any atom is 0.255 e. The second-order valence-corrected chi connectivity index (χ2v) is 5.69. The summed E-state index contributed by atoms with van der Waals surface area (Å²) in [5.74, 6) is 2.57. The Morgan fingerprint density at radius 3 is 2.77 bits per heavy atom. The van der Waals surface area contributed by atoms with Gasteiger partial charge in [0.15, 0.2) is 0 Å². The molecule has 0 saturated heterocycles. The number of carbonyl (C=O) groups excluding carboxylic acids is 2. The van der Waals surface area contributed by atoms with Crippen LogP contribution in [0.5, 0.6) is 0 Å². The highest BCUT2D eigenvalue weighted by Gasteiger charge is 2.31. The van der Waals surface area contributed by atoms with Gasteiger partial charge in [-0.2, -0.15) is 0 Å². The minimum absolute atomic E-state index is 0.0546. The van der Waals surface area contributed by atoms with Crippen molar-refractivity contribution in [3.63, 3.8) is 0 Å². The maximum atomic E-state index is 12.6. The van der Waals surface area contributed by atoms with Gasteiger partial charge in [-0.15, -0.1) is 6.42 Å². The highest BCUT2D eigenvalue weighted by atomic mass is 16.2. The number of nitrogens with zero attached hydrogens (tertiary/aromatic N) is 1. The molecular formula is C18H22N2O2. The number of nitrogens with one attached hydrogen (secondary N) is 1. The predicted octanol–water partition coefficient (Wildman–Crippen LogP) is 2.19. The number of benzene rings is 1. The van der Waals surface area contributed by atoms with Crippen LogP contribution in [0, 0.1) is 12.3 Å². The average Bonchev–Trinajstić information content (AvgIpc) is 3.01. The van der Waals surface area contributed by atoms with Gasteiger partial charge in [0.25, 0.3) is 5.91 Å². The molecule has 116 valence electrons. The lowest BCUT2D eigenvalue weighted by Crippen LogP contribution is -2.38. The van der Waals surface area contributed by atoms with E-state index in [9.17, 15) is 9.59 Å². The molecule has 0 aliphatic heterocycles. The molecule has 1 aliphatic rings. The Bertz CT molecular complexity index is 603. The smallest absolute Gasteiger partial charge is 0.255 e. The van der Waals surface area contributed by atoms with Gasteiger partial charge in [0, 0.05) is 31.1 Å². The summed E-state index contributed by atoms with van der Waals surface area (Å²) < 4.78 is 0. The van der Waals surface area contributed by atoms with E-state index in [2.05, 4.69) is 11.2 Å². The molecular weight excluding hydrogens is 276 g/mol. The van der Waals surface area contributed by atoms with Gasteiger partial charge in [0.05, 0.1) is 5.56 Å². The molecule has 0 aromatic heterocycles. The van der Waals surface area contributed by atoms with E-state index >= 15 is 0 Å². The third-order valence-corrected chi connectivity index (χ3v) is 4.27. The van der Waals surface area contributed by atoms with E-state index in [1.54, 1.807) is 17.0 Å². The highest BCUT2D eigenvalue weighted by molar-refractivity contribution is 5.96. The van der Waals surface area contributed by atoms with Crippen molar-refractivity contribution in [2.45, 2.75) is 44.7 Å². The summed E-state index contributed by atoms with van der Waals surface area (Å²) in [5, 5.41) is 3.01. The molecule has 2 rings (SSSR count). The summed E-state index contributed by atoms with van der Waals surface area (Å²) in [6, 6.07) is 7.49. The van der Waals surface area contributed by atoms with E-state index in [-0.39, 0.29) is 23.9 Å². The molecule has 0 bridgehead atoms. The van der Waals surface area contributed by atoms with E-state index in [0.29, 0.717) is 17.5 Å². The summed E-state index contributed by atoms with van der Waals surface area (Å²) in [5.41, 5.74) is 1.18. The monoisotopic (exact) mass is 298 g/mol. The number of carbonyl (C=O) groups is 2. The topological polar surface area (TPSA) is 49.4 Å². The van der Waals surface area contributed by atoms with Gasteiger partial charge in [-0.25, -0.2) is 0 Å². The lowest BCUT2D eigenvalue weighted by Gasteiger charge is -2.25. The SMILES string of the molecule is C#Cc1ccccc1C(=O)N(C)[C@@H]1CC[C@H](NC(=O)CC)C1. The largest absolute Gasteiger partial charge is 0.353 e. The summed E-state index contributed by atoms with van der Waals surface area (Å²) in [6.07, 6.45) is 8.56. The third-order valence-electron chi connectivity index (χ3n) is 4.27. The van der Waals surface area contributed by atoms with Crippen molar-refractivity contribution in [2.75, 3.05) is 7.05 Å². The van der Waals surface area contributed by atoms with E-state index in [1.165, 1.54) is 0 Å². The third kappa shape index (κ3) is 3.48. The molecule has 0 unspecified atom stereocenters. The highest BCUT2D eigenvalue weighted by Crippen LogP contribution is 2.25. The van der Waals surface area contributed by atoms with Crippen LogP contribution in [0.1, 0.15) is 48.5 Å². The van der Waals surface area contributed by atoms with Crippen molar-refractivity contribution in [2.24, 2.45) is 0 Å². The van der Waals surface area contributed by atoms with Crippen molar-refractivity contribution < 1.29 is 9.59 Å². The Hall–Kier alpha value is -2.28. The van der Waals surface area contributed by atoms with Gasteiger partial charge >= 0.3 is 0 Å². The molecule has 0 spiro atoms. The van der Waals surface area contributed by atoms with Crippen molar-refractivity contribution in [3.05, 3.63) is 35.4 Å². The molecule has 22 heavy (non-hydrogen) atoms. The van der Waals surface area contributed by atoms with E-state index in [4.69, 9.17) is 6.42 Å². The number of amides is 2. The summed E-state index contributed by atoms with van der Waals surface area (Å²) in [7, 11) is 1.81. The van der Waals surface area contributed by atoms with Crippen LogP contribution in [0.15, 0.2) is 24.3 Å². The first-order valence-electron chi connectivity index (χ1n) is 7.69. The molecule has 1 saturated carbocycles. The molecule has 0 radical (unpaired) electrons. The fourth-order valence-electron chi connectivity index (χ4n) is 2.92. The Morgan fingerprint density at radius 1 is 1.36 bits per heavy atom. The van der Waals surface area contributed by atoms with Crippen LogP contribution >= 0.6 is 0 Å². The Balaban J connectivity index is 2.03. The van der Waals surface area contributed by atoms with Crippen molar-refractivity contribution >= 4 is 11.8 Å².